The van der Waals surface area contributed by atoms with Crippen LogP contribution in [0, 0.1) is 0 Å². The molecule has 1 aliphatic rings. The van der Waals surface area contributed by atoms with Crippen LogP contribution in [0.15, 0.2) is 20.6 Å². The maximum Gasteiger partial charge on any atom is 0.155 e. The SMILES string of the molecule is O=CC(C=O)=C1SC=CS1. The second-order valence-corrected chi connectivity index (χ2v) is 3.58. The van der Waals surface area contributed by atoms with Gasteiger partial charge in [-0.3, -0.25) is 9.59 Å². The van der Waals surface area contributed by atoms with Crippen LogP contribution < -0.4 is 0 Å². The Morgan fingerprint density at radius 3 is 2.10 bits per heavy atom. The van der Waals surface area contributed by atoms with E-state index in [9.17, 15) is 9.59 Å². The Hall–Kier alpha value is -0.480. The second-order valence-electron chi connectivity index (χ2n) is 1.49. The van der Waals surface area contributed by atoms with E-state index in [0.29, 0.717) is 12.6 Å². The van der Waals surface area contributed by atoms with Gasteiger partial charge in [0.1, 0.15) is 0 Å². The molecule has 2 nitrogen and oxygen atoms in total. The molecule has 0 aromatic rings. The summed E-state index contributed by atoms with van der Waals surface area (Å²) in [4.78, 5) is 20.4. The van der Waals surface area contributed by atoms with E-state index in [0.717, 1.165) is 4.24 Å². The molecular formula is C6H4O2S2. The molecule has 0 aliphatic carbocycles. The number of thioether (sulfide) groups is 2. The second kappa shape index (κ2) is 3.63. The van der Waals surface area contributed by atoms with Crippen molar-refractivity contribution < 1.29 is 9.59 Å². The Kier molecular flexibility index (Phi) is 2.77. The van der Waals surface area contributed by atoms with Gasteiger partial charge in [0.2, 0.25) is 0 Å². The summed E-state index contributed by atoms with van der Waals surface area (Å²) in [5.74, 6) is 0. The van der Waals surface area contributed by atoms with E-state index in [-0.39, 0.29) is 5.57 Å². The third-order valence-electron chi connectivity index (χ3n) is 0.895. The van der Waals surface area contributed by atoms with Crippen molar-refractivity contribution in [2.75, 3.05) is 0 Å². The Labute approximate surface area is 66.7 Å². The number of hydrogen-bond donors (Lipinski definition) is 0. The lowest BCUT2D eigenvalue weighted by Crippen LogP contribution is -1.86. The highest BCUT2D eigenvalue weighted by Gasteiger charge is 2.07. The molecule has 1 heterocycles. The van der Waals surface area contributed by atoms with Gasteiger partial charge in [0.15, 0.2) is 12.6 Å². The zero-order chi connectivity index (χ0) is 7.40. The molecule has 0 N–H and O–H groups in total. The maximum atomic E-state index is 10.2. The first-order valence-corrected chi connectivity index (χ1v) is 4.27. The van der Waals surface area contributed by atoms with E-state index in [1.165, 1.54) is 23.5 Å². The van der Waals surface area contributed by atoms with Crippen LogP contribution in [-0.2, 0) is 9.59 Å². The summed E-state index contributed by atoms with van der Waals surface area (Å²) >= 11 is 2.80. The van der Waals surface area contributed by atoms with Crippen molar-refractivity contribution in [3.05, 3.63) is 20.6 Å². The van der Waals surface area contributed by atoms with Crippen molar-refractivity contribution in [1.29, 1.82) is 0 Å². The minimum absolute atomic E-state index is 0.236. The Morgan fingerprint density at radius 2 is 1.70 bits per heavy atom. The molecule has 0 fully saturated rings. The van der Waals surface area contributed by atoms with Crippen molar-refractivity contribution in [2.45, 2.75) is 0 Å². The fraction of sp³-hybridized carbons (Fsp3) is 0. The van der Waals surface area contributed by atoms with Gasteiger partial charge in [0.25, 0.3) is 0 Å². The Bertz CT molecular complexity index is 198. The Balaban J connectivity index is 2.81. The van der Waals surface area contributed by atoms with Crippen molar-refractivity contribution >= 4 is 36.1 Å². The molecule has 0 spiro atoms. The van der Waals surface area contributed by atoms with E-state index >= 15 is 0 Å². The number of allylic oxidation sites excluding steroid dienone is 1. The van der Waals surface area contributed by atoms with E-state index < -0.39 is 0 Å². The average molecular weight is 172 g/mol. The number of aldehydes is 2. The molecule has 0 radical (unpaired) electrons. The summed E-state index contributed by atoms with van der Waals surface area (Å²) in [6, 6.07) is 0. The summed E-state index contributed by atoms with van der Waals surface area (Å²) < 4.78 is 0.769. The third-order valence-corrected chi connectivity index (χ3v) is 3.09. The van der Waals surface area contributed by atoms with Crippen LogP contribution in [0.4, 0.5) is 0 Å². The lowest BCUT2D eigenvalue weighted by Gasteiger charge is -1.91. The quantitative estimate of drug-likeness (QED) is 0.274. The monoisotopic (exact) mass is 172 g/mol. The number of hydrogen-bond acceptors (Lipinski definition) is 4. The molecule has 52 valence electrons. The molecule has 0 bridgehead atoms. The predicted octanol–water partition coefficient (Wildman–Crippen LogP) is 1.55. The van der Waals surface area contributed by atoms with Crippen LogP contribution in [0.3, 0.4) is 0 Å². The number of carbonyl (C=O) groups excluding carboxylic acids is 2. The molecule has 0 saturated carbocycles. The van der Waals surface area contributed by atoms with Gasteiger partial charge in [-0.1, -0.05) is 23.5 Å². The van der Waals surface area contributed by atoms with Crippen LogP contribution in [0.25, 0.3) is 0 Å². The van der Waals surface area contributed by atoms with Crippen LogP contribution in [0.2, 0.25) is 0 Å². The van der Waals surface area contributed by atoms with Gasteiger partial charge >= 0.3 is 0 Å². The van der Waals surface area contributed by atoms with Gasteiger partial charge in [-0.2, -0.15) is 0 Å². The van der Waals surface area contributed by atoms with Crippen molar-refractivity contribution in [3.63, 3.8) is 0 Å². The summed E-state index contributed by atoms with van der Waals surface area (Å²) in [7, 11) is 0. The fourth-order valence-corrected chi connectivity index (χ4v) is 2.18. The van der Waals surface area contributed by atoms with Gasteiger partial charge in [-0.05, 0) is 10.8 Å². The first-order chi connectivity index (χ1) is 4.88. The summed E-state index contributed by atoms with van der Waals surface area (Å²) in [6.07, 6.45) is 1.16. The summed E-state index contributed by atoms with van der Waals surface area (Å²) in [5, 5.41) is 3.68. The molecule has 1 aliphatic heterocycles. The minimum atomic E-state index is 0.236. The molecule has 0 aromatic heterocycles. The largest absolute Gasteiger partial charge is 0.298 e. The highest BCUT2D eigenvalue weighted by molar-refractivity contribution is 8.27. The highest BCUT2D eigenvalue weighted by Crippen LogP contribution is 2.38. The topological polar surface area (TPSA) is 34.1 Å². The van der Waals surface area contributed by atoms with Gasteiger partial charge in [0.05, 0.1) is 9.81 Å². The fourth-order valence-electron chi connectivity index (χ4n) is 0.467. The Morgan fingerprint density at radius 1 is 1.20 bits per heavy atom. The molecule has 1 rings (SSSR count). The minimum Gasteiger partial charge on any atom is -0.298 e. The smallest absolute Gasteiger partial charge is 0.155 e. The van der Waals surface area contributed by atoms with E-state index in [1.807, 2.05) is 10.8 Å². The van der Waals surface area contributed by atoms with Crippen LogP contribution in [0.5, 0.6) is 0 Å². The maximum absolute atomic E-state index is 10.2. The lowest BCUT2D eigenvalue weighted by atomic mass is 10.4. The highest BCUT2D eigenvalue weighted by atomic mass is 32.2. The van der Waals surface area contributed by atoms with Crippen LogP contribution in [-0.4, -0.2) is 12.6 Å². The van der Waals surface area contributed by atoms with Gasteiger partial charge in [0, 0.05) is 0 Å². The van der Waals surface area contributed by atoms with Crippen molar-refractivity contribution in [1.82, 2.24) is 0 Å². The molecule has 0 unspecified atom stereocenters. The third kappa shape index (κ3) is 1.52. The molecule has 0 aromatic carbocycles. The average Bonchev–Trinajstić information content (AvgIpc) is 2.43. The summed E-state index contributed by atoms with van der Waals surface area (Å²) in [5.41, 5.74) is 0.236. The first-order valence-electron chi connectivity index (χ1n) is 2.51. The van der Waals surface area contributed by atoms with Gasteiger partial charge < -0.3 is 0 Å². The standard InChI is InChI=1S/C6H4O2S2/c7-3-5(4-8)6-9-1-2-10-6/h1-4H. The predicted molar refractivity (Wildman–Crippen MR) is 43.5 cm³/mol. The number of carbonyl (C=O) groups is 2. The molecule has 4 heteroatoms. The molecule has 0 amide bonds. The van der Waals surface area contributed by atoms with Gasteiger partial charge in [-0.25, -0.2) is 0 Å². The normalized spacial score (nSPS) is 15.4. The molecule has 0 saturated heterocycles. The van der Waals surface area contributed by atoms with E-state index in [4.69, 9.17) is 0 Å². The zero-order valence-electron chi connectivity index (χ0n) is 4.94. The van der Waals surface area contributed by atoms with E-state index in [2.05, 4.69) is 0 Å². The van der Waals surface area contributed by atoms with Crippen LogP contribution >= 0.6 is 23.5 Å². The van der Waals surface area contributed by atoms with Crippen molar-refractivity contribution in [2.24, 2.45) is 0 Å². The van der Waals surface area contributed by atoms with Crippen LogP contribution in [0.1, 0.15) is 0 Å². The molecule has 10 heavy (non-hydrogen) atoms. The lowest BCUT2D eigenvalue weighted by molar-refractivity contribution is -0.109. The number of rotatable bonds is 2. The molecular weight excluding hydrogens is 168 g/mol. The zero-order valence-corrected chi connectivity index (χ0v) is 6.58. The summed E-state index contributed by atoms with van der Waals surface area (Å²) in [6.45, 7) is 0. The van der Waals surface area contributed by atoms with Crippen molar-refractivity contribution in [3.8, 4) is 0 Å². The van der Waals surface area contributed by atoms with Gasteiger partial charge in [-0.15, -0.1) is 0 Å². The van der Waals surface area contributed by atoms with E-state index in [1.54, 1.807) is 0 Å². The first kappa shape index (κ1) is 7.63. The molecule has 0 atom stereocenters.